The van der Waals surface area contributed by atoms with Crippen molar-refractivity contribution in [1.29, 1.82) is 0 Å². The molecule has 0 radical (unpaired) electrons. The van der Waals surface area contributed by atoms with Gasteiger partial charge in [0.25, 0.3) is 0 Å². The van der Waals surface area contributed by atoms with Crippen LogP contribution in [0.2, 0.25) is 0 Å². The van der Waals surface area contributed by atoms with Crippen LogP contribution in [0.25, 0.3) is 11.0 Å². The molecule has 2 rings (SSSR count). The Balaban J connectivity index is 2.38. The summed E-state index contributed by atoms with van der Waals surface area (Å²) in [5, 5.41) is 9.82. The standard InChI is InChI=1S/C13H14O4/c1-8(13(14)15)5-9-6-10-3-4-17-12(10)11(7-9)16-2/h3-4,6-8H,5H2,1-2H3,(H,14,15). The first-order valence-electron chi connectivity index (χ1n) is 5.38. The Bertz CT molecular complexity index is 541. The second kappa shape index (κ2) is 4.49. The zero-order valence-electron chi connectivity index (χ0n) is 9.77. The van der Waals surface area contributed by atoms with Gasteiger partial charge in [0.1, 0.15) is 0 Å². The fourth-order valence-electron chi connectivity index (χ4n) is 1.82. The van der Waals surface area contributed by atoms with Gasteiger partial charge < -0.3 is 14.3 Å². The SMILES string of the molecule is COc1cc(CC(C)C(=O)O)cc2ccoc12. The molecular formula is C13H14O4. The molecule has 90 valence electrons. The third-order valence-electron chi connectivity index (χ3n) is 2.76. The number of rotatable bonds is 4. The van der Waals surface area contributed by atoms with Crippen molar-refractivity contribution in [2.75, 3.05) is 7.11 Å². The van der Waals surface area contributed by atoms with Gasteiger partial charge in [-0.1, -0.05) is 6.92 Å². The Kier molecular flexibility index (Phi) is 3.04. The molecule has 0 aliphatic rings. The first kappa shape index (κ1) is 11.5. The summed E-state index contributed by atoms with van der Waals surface area (Å²) in [6, 6.07) is 5.60. The number of fused-ring (bicyclic) bond motifs is 1. The van der Waals surface area contributed by atoms with Crippen LogP contribution >= 0.6 is 0 Å². The molecular weight excluding hydrogens is 220 g/mol. The number of methoxy groups -OCH3 is 1. The summed E-state index contributed by atoms with van der Waals surface area (Å²) in [6.45, 7) is 1.69. The van der Waals surface area contributed by atoms with E-state index in [9.17, 15) is 4.79 Å². The molecule has 0 saturated heterocycles. The number of hydrogen-bond acceptors (Lipinski definition) is 3. The third-order valence-corrected chi connectivity index (χ3v) is 2.76. The van der Waals surface area contributed by atoms with Crippen LogP contribution in [0.1, 0.15) is 12.5 Å². The third kappa shape index (κ3) is 2.25. The minimum absolute atomic E-state index is 0.413. The van der Waals surface area contributed by atoms with Crippen molar-refractivity contribution in [1.82, 2.24) is 0 Å². The Morgan fingerprint density at radius 3 is 2.94 bits per heavy atom. The van der Waals surface area contributed by atoms with Gasteiger partial charge in [-0.3, -0.25) is 4.79 Å². The second-order valence-electron chi connectivity index (χ2n) is 4.08. The van der Waals surface area contributed by atoms with E-state index in [2.05, 4.69) is 0 Å². The number of ether oxygens (including phenoxy) is 1. The van der Waals surface area contributed by atoms with E-state index in [1.54, 1.807) is 20.3 Å². The van der Waals surface area contributed by atoms with Gasteiger partial charge in [-0.05, 0) is 30.2 Å². The lowest BCUT2D eigenvalue weighted by Crippen LogP contribution is -2.12. The molecule has 2 aromatic rings. The van der Waals surface area contributed by atoms with E-state index in [-0.39, 0.29) is 0 Å². The van der Waals surface area contributed by atoms with Gasteiger partial charge >= 0.3 is 5.97 Å². The van der Waals surface area contributed by atoms with Crippen LogP contribution in [0.5, 0.6) is 5.75 Å². The highest BCUT2D eigenvalue weighted by Gasteiger charge is 2.14. The number of carbonyl (C=O) groups is 1. The number of aliphatic carboxylic acids is 1. The van der Waals surface area contributed by atoms with E-state index in [1.165, 1.54) is 0 Å². The average molecular weight is 234 g/mol. The van der Waals surface area contributed by atoms with Crippen molar-refractivity contribution in [2.45, 2.75) is 13.3 Å². The first-order valence-corrected chi connectivity index (χ1v) is 5.38. The molecule has 1 heterocycles. The molecule has 1 aromatic heterocycles. The van der Waals surface area contributed by atoms with Crippen molar-refractivity contribution >= 4 is 16.9 Å². The summed E-state index contributed by atoms with van der Waals surface area (Å²) in [5.41, 5.74) is 1.63. The van der Waals surface area contributed by atoms with E-state index in [4.69, 9.17) is 14.3 Å². The Morgan fingerprint density at radius 1 is 1.53 bits per heavy atom. The quantitative estimate of drug-likeness (QED) is 0.883. The maximum absolute atomic E-state index is 10.8. The molecule has 4 nitrogen and oxygen atoms in total. The molecule has 0 aliphatic carbocycles. The number of furan rings is 1. The van der Waals surface area contributed by atoms with Crippen LogP contribution in [-0.2, 0) is 11.2 Å². The maximum Gasteiger partial charge on any atom is 0.306 e. The largest absolute Gasteiger partial charge is 0.493 e. The van der Waals surface area contributed by atoms with Crippen molar-refractivity contribution in [3.8, 4) is 5.75 Å². The Labute approximate surface area is 98.8 Å². The summed E-state index contributed by atoms with van der Waals surface area (Å²) in [7, 11) is 1.57. The van der Waals surface area contributed by atoms with Gasteiger partial charge in [0.15, 0.2) is 11.3 Å². The molecule has 4 heteroatoms. The van der Waals surface area contributed by atoms with Crippen LogP contribution in [-0.4, -0.2) is 18.2 Å². The topological polar surface area (TPSA) is 59.7 Å². The highest BCUT2D eigenvalue weighted by atomic mass is 16.5. The zero-order valence-corrected chi connectivity index (χ0v) is 9.77. The van der Waals surface area contributed by atoms with Gasteiger partial charge in [0.05, 0.1) is 19.3 Å². The lowest BCUT2D eigenvalue weighted by molar-refractivity contribution is -0.141. The first-order chi connectivity index (χ1) is 8.11. The molecule has 17 heavy (non-hydrogen) atoms. The van der Waals surface area contributed by atoms with Gasteiger partial charge in [0, 0.05) is 5.39 Å². The lowest BCUT2D eigenvalue weighted by Gasteiger charge is -2.08. The van der Waals surface area contributed by atoms with Gasteiger partial charge in [-0.15, -0.1) is 0 Å². The summed E-state index contributed by atoms with van der Waals surface area (Å²) in [6.07, 6.45) is 2.07. The smallest absolute Gasteiger partial charge is 0.306 e. The Hall–Kier alpha value is -1.97. The zero-order chi connectivity index (χ0) is 12.4. The van der Waals surface area contributed by atoms with Crippen molar-refractivity contribution in [2.24, 2.45) is 5.92 Å². The minimum atomic E-state index is -0.795. The van der Waals surface area contributed by atoms with E-state index in [0.29, 0.717) is 17.8 Å². The minimum Gasteiger partial charge on any atom is -0.493 e. The molecule has 0 saturated carbocycles. The van der Waals surface area contributed by atoms with Crippen LogP contribution in [0, 0.1) is 5.92 Å². The highest BCUT2D eigenvalue weighted by Crippen LogP contribution is 2.29. The average Bonchev–Trinajstić information content (AvgIpc) is 2.75. The predicted octanol–water partition coefficient (Wildman–Crippen LogP) is 2.70. The molecule has 1 unspecified atom stereocenters. The second-order valence-corrected chi connectivity index (χ2v) is 4.08. The molecule has 0 spiro atoms. The molecule has 1 aromatic carbocycles. The maximum atomic E-state index is 10.8. The number of carboxylic acid groups (broad SMARTS) is 1. The van der Waals surface area contributed by atoms with Crippen LogP contribution in [0.4, 0.5) is 0 Å². The van der Waals surface area contributed by atoms with Crippen molar-refractivity contribution < 1.29 is 19.1 Å². The van der Waals surface area contributed by atoms with Crippen molar-refractivity contribution in [3.05, 3.63) is 30.0 Å². The van der Waals surface area contributed by atoms with E-state index < -0.39 is 11.9 Å². The lowest BCUT2D eigenvalue weighted by atomic mass is 10.00. The number of carboxylic acids is 1. The molecule has 0 aliphatic heterocycles. The van der Waals surface area contributed by atoms with E-state index >= 15 is 0 Å². The number of benzene rings is 1. The van der Waals surface area contributed by atoms with Gasteiger partial charge in [-0.25, -0.2) is 0 Å². The summed E-state index contributed by atoms with van der Waals surface area (Å²) >= 11 is 0. The van der Waals surface area contributed by atoms with E-state index in [1.807, 2.05) is 18.2 Å². The highest BCUT2D eigenvalue weighted by molar-refractivity contribution is 5.84. The van der Waals surface area contributed by atoms with E-state index in [0.717, 1.165) is 10.9 Å². The fraction of sp³-hybridized carbons (Fsp3) is 0.308. The molecule has 0 fully saturated rings. The van der Waals surface area contributed by atoms with Gasteiger partial charge in [0.2, 0.25) is 0 Å². The molecule has 0 bridgehead atoms. The normalized spacial score (nSPS) is 12.6. The van der Waals surface area contributed by atoms with Crippen LogP contribution in [0.15, 0.2) is 28.9 Å². The molecule has 1 atom stereocenters. The number of hydrogen-bond donors (Lipinski definition) is 1. The summed E-state index contributed by atoms with van der Waals surface area (Å²) < 4.78 is 10.5. The monoisotopic (exact) mass is 234 g/mol. The molecule has 0 amide bonds. The fourth-order valence-corrected chi connectivity index (χ4v) is 1.82. The predicted molar refractivity (Wildman–Crippen MR) is 63.3 cm³/mol. The summed E-state index contributed by atoms with van der Waals surface area (Å²) in [5.74, 6) is -0.569. The van der Waals surface area contributed by atoms with Crippen molar-refractivity contribution in [3.63, 3.8) is 0 Å². The van der Waals surface area contributed by atoms with Crippen LogP contribution < -0.4 is 4.74 Å². The van der Waals surface area contributed by atoms with Gasteiger partial charge in [-0.2, -0.15) is 0 Å². The summed E-state index contributed by atoms with van der Waals surface area (Å²) in [4.78, 5) is 10.8. The Morgan fingerprint density at radius 2 is 2.29 bits per heavy atom. The molecule has 1 N–H and O–H groups in total. The van der Waals surface area contributed by atoms with Crippen LogP contribution in [0.3, 0.4) is 0 Å².